The van der Waals surface area contributed by atoms with Crippen LogP contribution in [0.1, 0.15) is 0 Å². The lowest BCUT2D eigenvalue weighted by Crippen LogP contribution is -2.84. The van der Waals surface area contributed by atoms with Crippen molar-refractivity contribution in [1.29, 1.82) is 0 Å². The molecule has 3 aliphatic rings. The molecule has 0 aromatic heterocycles. The van der Waals surface area contributed by atoms with Crippen molar-refractivity contribution in [2.24, 2.45) is 5.92 Å². The molecular formula is C10H9Br2N3O4. The number of imide groups is 2. The van der Waals surface area contributed by atoms with Crippen molar-refractivity contribution in [3.63, 3.8) is 0 Å². The number of carbonyl (C=O) groups is 4. The third-order valence-electron chi connectivity index (χ3n) is 4.17. The number of carbonyl (C=O) groups excluding carboxylic acids is 4. The standard InChI is InChI=1S/C10H9Br2N3O4/c1-14-4-3(5(16)15(2)8(14)19)9(11)6(17)13-7(18)10(4,9)12/h3-4H,1-2H3,(H,13,17,18)/t3-,4-,9-,10-/m0/s1. The summed E-state index contributed by atoms with van der Waals surface area (Å²) in [6, 6.07) is -1.18. The monoisotopic (exact) mass is 393 g/mol. The second-order valence-electron chi connectivity index (χ2n) is 4.92. The van der Waals surface area contributed by atoms with Gasteiger partial charge in [-0.3, -0.25) is 24.6 Å². The van der Waals surface area contributed by atoms with E-state index in [4.69, 9.17) is 0 Å². The van der Waals surface area contributed by atoms with Crippen LogP contribution in [0.2, 0.25) is 0 Å². The lowest BCUT2D eigenvalue weighted by atomic mass is 9.59. The molecule has 0 radical (unpaired) electrons. The topological polar surface area (TPSA) is 86.8 Å². The maximum atomic E-state index is 12.2. The highest BCUT2D eigenvalue weighted by Gasteiger charge is 2.85. The number of fused-ring (bicyclic) bond motifs is 4. The van der Waals surface area contributed by atoms with Crippen LogP contribution in [0.5, 0.6) is 0 Å². The third-order valence-corrected chi connectivity index (χ3v) is 7.64. The van der Waals surface area contributed by atoms with E-state index in [2.05, 4.69) is 37.2 Å². The van der Waals surface area contributed by atoms with E-state index in [1.54, 1.807) is 0 Å². The van der Waals surface area contributed by atoms with Gasteiger partial charge in [0.1, 0.15) is 4.32 Å². The zero-order chi connectivity index (χ0) is 14.3. The first kappa shape index (κ1) is 13.0. The van der Waals surface area contributed by atoms with Crippen LogP contribution in [-0.4, -0.2) is 62.3 Å². The number of urea groups is 1. The summed E-state index contributed by atoms with van der Waals surface area (Å²) in [5.74, 6) is -2.34. The number of amides is 5. The minimum atomic E-state index is -1.35. The number of alkyl halides is 2. The lowest BCUT2D eigenvalue weighted by Gasteiger charge is -2.61. The molecule has 0 bridgehead atoms. The van der Waals surface area contributed by atoms with Gasteiger partial charge in [0.25, 0.3) is 0 Å². The summed E-state index contributed by atoms with van der Waals surface area (Å²) in [7, 11) is 2.87. The molecule has 19 heavy (non-hydrogen) atoms. The Hall–Kier alpha value is -0.960. The summed E-state index contributed by atoms with van der Waals surface area (Å²) in [4.78, 5) is 50.4. The molecule has 2 aliphatic heterocycles. The molecule has 1 aliphatic carbocycles. The number of halogens is 2. The molecule has 0 spiro atoms. The van der Waals surface area contributed by atoms with E-state index in [1.165, 1.54) is 19.0 Å². The number of hydrogen-bond donors (Lipinski definition) is 1. The molecule has 5 amide bonds. The molecule has 0 aromatic rings. The van der Waals surface area contributed by atoms with Crippen molar-refractivity contribution in [3.8, 4) is 0 Å². The molecule has 0 aromatic carbocycles. The van der Waals surface area contributed by atoms with Gasteiger partial charge in [0.05, 0.1) is 12.0 Å². The van der Waals surface area contributed by atoms with Crippen LogP contribution in [0.25, 0.3) is 0 Å². The smallest absolute Gasteiger partial charge is 0.321 e. The van der Waals surface area contributed by atoms with Gasteiger partial charge in [0.15, 0.2) is 4.32 Å². The third kappa shape index (κ3) is 1.07. The molecule has 9 heteroatoms. The van der Waals surface area contributed by atoms with E-state index >= 15 is 0 Å². The minimum absolute atomic E-state index is 0.468. The Labute approximate surface area is 124 Å². The maximum Gasteiger partial charge on any atom is 0.326 e. The molecular weight excluding hydrogens is 386 g/mol. The Balaban J connectivity index is 2.17. The molecule has 0 unspecified atom stereocenters. The van der Waals surface area contributed by atoms with Gasteiger partial charge in [0.2, 0.25) is 17.7 Å². The highest BCUT2D eigenvalue weighted by atomic mass is 79.9. The van der Waals surface area contributed by atoms with Crippen LogP contribution in [0.15, 0.2) is 0 Å². The summed E-state index contributed by atoms with van der Waals surface area (Å²) in [5.41, 5.74) is 0. The Bertz CT molecular complexity index is 567. The molecule has 102 valence electrons. The van der Waals surface area contributed by atoms with Crippen molar-refractivity contribution in [3.05, 3.63) is 0 Å². The summed E-state index contributed by atoms with van der Waals surface area (Å²) in [6.07, 6.45) is 0. The van der Waals surface area contributed by atoms with Crippen LogP contribution < -0.4 is 5.32 Å². The largest absolute Gasteiger partial charge is 0.326 e. The molecule has 1 saturated carbocycles. The SMILES string of the molecule is CN1C(=O)[C@@H]2[C@H](N(C)C1=O)[C@]1(Br)C(=O)NC(=O)[C@@]21Br. The van der Waals surface area contributed by atoms with Crippen LogP contribution in [0.4, 0.5) is 4.79 Å². The molecule has 2 saturated heterocycles. The summed E-state index contributed by atoms with van der Waals surface area (Å²) in [5, 5.41) is 2.21. The average molecular weight is 395 g/mol. The van der Waals surface area contributed by atoms with Crippen LogP contribution >= 0.6 is 31.9 Å². The van der Waals surface area contributed by atoms with Gasteiger partial charge in [-0.05, 0) is 0 Å². The van der Waals surface area contributed by atoms with Crippen molar-refractivity contribution < 1.29 is 19.2 Å². The van der Waals surface area contributed by atoms with E-state index in [0.717, 1.165) is 4.90 Å². The normalized spacial score (nSPS) is 44.8. The van der Waals surface area contributed by atoms with E-state index in [0.29, 0.717) is 0 Å². The molecule has 3 rings (SSSR count). The van der Waals surface area contributed by atoms with Gasteiger partial charge >= 0.3 is 6.03 Å². The summed E-state index contributed by atoms with van der Waals surface area (Å²) < 4.78 is -2.65. The lowest BCUT2D eigenvalue weighted by molar-refractivity contribution is -0.152. The Morgan fingerprint density at radius 3 is 2.16 bits per heavy atom. The van der Waals surface area contributed by atoms with E-state index in [-0.39, 0.29) is 0 Å². The van der Waals surface area contributed by atoms with E-state index in [9.17, 15) is 19.2 Å². The zero-order valence-electron chi connectivity index (χ0n) is 9.94. The fourth-order valence-electron chi connectivity index (χ4n) is 3.14. The zero-order valence-corrected chi connectivity index (χ0v) is 13.1. The van der Waals surface area contributed by atoms with Gasteiger partial charge in [-0.1, -0.05) is 31.9 Å². The molecule has 4 atom stereocenters. The minimum Gasteiger partial charge on any atom is -0.321 e. The van der Waals surface area contributed by atoms with Gasteiger partial charge in [-0.15, -0.1) is 0 Å². The highest BCUT2D eigenvalue weighted by molar-refractivity contribution is 9.13. The van der Waals surface area contributed by atoms with Crippen LogP contribution in [-0.2, 0) is 14.4 Å². The van der Waals surface area contributed by atoms with Crippen LogP contribution in [0, 0.1) is 5.92 Å². The summed E-state index contributed by atoms with van der Waals surface area (Å²) in [6.45, 7) is 0. The second kappa shape index (κ2) is 3.38. The predicted octanol–water partition coefficient (Wildman–Crippen LogP) is -0.568. The number of hydrogen-bond acceptors (Lipinski definition) is 4. The number of rotatable bonds is 0. The van der Waals surface area contributed by atoms with E-state index in [1.807, 2.05) is 0 Å². The van der Waals surface area contributed by atoms with Gasteiger partial charge in [-0.25, -0.2) is 4.79 Å². The predicted molar refractivity (Wildman–Crippen MR) is 69.7 cm³/mol. The van der Waals surface area contributed by atoms with Crippen molar-refractivity contribution in [2.75, 3.05) is 14.1 Å². The van der Waals surface area contributed by atoms with Gasteiger partial charge < -0.3 is 4.90 Å². The van der Waals surface area contributed by atoms with Crippen molar-refractivity contribution in [2.45, 2.75) is 14.7 Å². The fraction of sp³-hybridized carbons (Fsp3) is 0.600. The maximum absolute atomic E-state index is 12.2. The van der Waals surface area contributed by atoms with Crippen molar-refractivity contribution in [1.82, 2.24) is 15.1 Å². The molecule has 2 heterocycles. The average Bonchev–Trinajstić information content (AvgIpc) is 2.49. The molecule has 3 fully saturated rings. The quantitative estimate of drug-likeness (QED) is 0.440. The fourth-order valence-corrected chi connectivity index (χ4v) is 5.19. The first-order valence-corrected chi connectivity index (χ1v) is 7.05. The molecule has 7 nitrogen and oxygen atoms in total. The summed E-state index contributed by atoms with van der Waals surface area (Å²) >= 11 is 6.52. The highest BCUT2D eigenvalue weighted by Crippen LogP contribution is 2.64. The molecule has 1 N–H and O–H groups in total. The first-order chi connectivity index (χ1) is 8.69. The Morgan fingerprint density at radius 1 is 1.05 bits per heavy atom. The second-order valence-corrected chi connectivity index (χ2v) is 7.42. The Kier molecular flexibility index (Phi) is 2.32. The first-order valence-electron chi connectivity index (χ1n) is 5.47. The number of nitrogens with zero attached hydrogens (tertiary/aromatic N) is 2. The van der Waals surface area contributed by atoms with E-state index < -0.39 is 44.4 Å². The van der Waals surface area contributed by atoms with Crippen molar-refractivity contribution >= 4 is 55.6 Å². The van der Waals surface area contributed by atoms with Gasteiger partial charge in [0, 0.05) is 14.1 Å². The Morgan fingerprint density at radius 2 is 1.58 bits per heavy atom. The van der Waals surface area contributed by atoms with Gasteiger partial charge in [-0.2, -0.15) is 0 Å². The number of nitrogens with one attached hydrogen (secondary N) is 1. The van der Waals surface area contributed by atoms with Crippen LogP contribution in [0.3, 0.4) is 0 Å².